The van der Waals surface area contributed by atoms with Crippen molar-refractivity contribution in [1.82, 2.24) is 15.6 Å². The van der Waals surface area contributed by atoms with Gasteiger partial charge in [0.2, 0.25) is 5.91 Å². The first-order valence-electron chi connectivity index (χ1n) is 7.88. The van der Waals surface area contributed by atoms with Gasteiger partial charge in [-0.2, -0.15) is 0 Å². The summed E-state index contributed by atoms with van der Waals surface area (Å²) < 4.78 is 0. The number of fused-ring (bicyclic) bond motifs is 2. The standard InChI is InChI=1S/C17H21N3O/c21-16(20-17-13-9-18-10-14(13)17)7-3-4-11-8-19-15-6-2-1-5-12(11)15/h1-2,5-6,8,13-14,17-19H,3-4,7,9-10H2,(H,20,21). The molecule has 0 bridgehead atoms. The van der Waals surface area contributed by atoms with Gasteiger partial charge < -0.3 is 15.6 Å². The number of carbonyl (C=O) groups is 1. The van der Waals surface area contributed by atoms with Crippen molar-refractivity contribution in [3.63, 3.8) is 0 Å². The summed E-state index contributed by atoms with van der Waals surface area (Å²) in [6.07, 6.45) is 4.56. The molecule has 2 aliphatic rings. The van der Waals surface area contributed by atoms with Crippen molar-refractivity contribution in [3.05, 3.63) is 36.0 Å². The molecule has 2 unspecified atom stereocenters. The molecule has 1 aromatic heterocycles. The number of rotatable bonds is 5. The second-order valence-electron chi connectivity index (χ2n) is 6.29. The SMILES string of the molecule is O=C(CCCc1c[nH]c2ccccc12)NC1C2CNCC21. The van der Waals surface area contributed by atoms with E-state index >= 15 is 0 Å². The van der Waals surface area contributed by atoms with Crippen molar-refractivity contribution in [2.45, 2.75) is 25.3 Å². The number of para-hydroxylation sites is 1. The van der Waals surface area contributed by atoms with Gasteiger partial charge in [-0.3, -0.25) is 4.79 Å². The van der Waals surface area contributed by atoms with E-state index in [0.29, 0.717) is 24.3 Å². The number of H-pyrrole nitrogens is 1. The summed E-state index contributed by atoms with van der Waals surface area (Å²) in [6, 6.07) is 8.78. The van der Waals surface area contributed by atoms with Crippen LogP contribution in [0.25, 0.3) is 10.9 Å². The molecular formula is C17H21N3O. The lowest BCUT2D eigenvalue weighted by atomic mass is 10.1. The van der Waals surface area contributed by atoms with Crippen LogP contribution in [0.1, 0.15) is 18.4 Å². The lowest BCUT2D eigenvalue weighted by Crippen LogP contribution is -2.32. The molecule has 21 heavy (non-hydrogen) atoms. The van der Waals surface area contributed by atoms with Crippen LogP contribution in [0, 0.1) is 11.8 Å². The van der Waals surface area contributed by atoms with Crippen LogP contribution in [-0.4, -0.2) is 30.0 Å². The summed E-state index contributed by atoms with van der Waals surface area (Å²) in [7, 11) is 0. The number of amides is 1. The van der Waals surface area contributed by atoms with Crippen molar-refractivity contribution in [2.75, 3.05) is 13.1 Å². The van der Waals surface area contributed by atoms with Crippen LogP contribution in [0.3, 0.4) is 0 Å². The largest absolute Gasteiger partial charge is 0.361 e. The second kappa shape index (κ2) is 5.19. The number of nitrogens with one attached hydrogen (secondary N) is 3. The highest BCUT2D eigenvalue weighted by atomic mass is 16.1. The molecule has 3 N–H and O–H groups in total. The maximum Gasteiger partial charge on any atom is 0.220 e. The van der Waals surface area contributed by atoms with Gasteiger partial charge in [0.15, 0.2) is 0 Å². The predicted molar refractivity (Wildman–Crippen MR) is 83.0 cm³/mol. The zero-order chi connectivity index (χ0) is 14.2. The van der Waals surface area contributed by atoms with E-state index in [-0.39, 0.29) is 5.91 Å². The first-order valence-corrected chi connectivity index (χ1v) is 7.88. The summed E-state index contributed by atoms with van der Waals surface area (Å²) in [5, 5.41) is 7.81. The molecule has 1 aliphatic heterocycles. The van der Waals surface area contributed by atoms with Crippen LogP contribution < -0.4 is 10.6 Å². The number of hydrogen-bond acceptors (Lipinski definition) is 2. The number of carbonyl (C=O) groups excluding carboxylic acids is 1. The summed E-state index contributed by atoms with van der Waals surface area (Å²) in [4.78, 5) is 15.3. The van der Waals surface area contributed by atoms with Gasteiger partial charge in [-0.05, 0) is 36.3 Å². The van der Waals surface area contributed by atoms with Crippen LogP contribution in [0.2, 0.25) is 0 Å². The van der Waals surface area contributed by atoms with E-state index in [2.05, 4.69) is 40.0 Å². The minimum atomic E-state index is 0.217. The highest BCUT2D eigenvalue weighted by Gasteiger charge is 2.53. The Bertz CT molecular complexity index is 653. The van der Waals surface area contributed by atoms with Gasteiger partial charge in [0.1, 0.15) is 0 Å². The molecule has 4 nitrogen and oxygen atoms in total. The van der Waals surface area contributed by atoms with Crippen molar-refractivity contribution in [1.29, 1.82) is 0 Å². The molecular weight excluding hydrogens is 262 g/mol. The molecule has 4 rings (SSSR count). The number of aryl methyl sites for hydroxylation is 1. The average molecular weight is 283 g/mol. The van der Waals surface area contributed by atoms with Gasteiger partial charge in [0.25, 0.3) is 0 Å². The zero-order valence-corrected chi connectivity index (χ0v) is 12.1. The number of aromatic nitrogens is 1. The van der Waals surface area contributed by atoms with Crippen molar-refractivity contribution >= 4 is 16.8 Å². The molecule has 1 aliphatic carbocycles. The molecule has 2 atom stereocenters. The third kappa shape index (κ3) is 2.44. The Morgan fingerprint density at radius 2 is 2.05 bits per heavy atom. The van der Waals surface area contributed by atoms with Crippen molar-refractivity contribution in [2.24, 2.45) is 11.8 Å². The maximum atomic E-state index is 12.0. The Balaban J connectivity index is 1.26. The molecule has 2 heterocycles. The minimum absolute atomic E-state index is 0.217. The van der Waals surface area contributed by atoms with Crippen molar-refractivity contribution in [3.8, 4) is 0 Å². The summed E-state index contributed by atoms with van der Waals surface area (Å²) >= 11 is 0. The number of piperidine rings is 1. The van der Waals surface area contributed by atoms with Crippen LogP contribution in [-0.2, 0) is 11.2 Å². The van der Waals surface area contributed by atoms with Crippen LogP contribution in [0.5, 0.6) is 0 Å². The lowest BCUT2D eigenvalue weighted by molar-refractivity contribution is -0.121. The molecule has 110 valence electrons. The fourth-order valence-electron chi connectivity index (χ4n) is 3.67. The maximum absolute atomic E-state index is 12.0. The van der Waals surface area contributed by atoms with Crippen LogP contribution >= 0.6 is 0 Å². The van der Waals surface area contributed by atoms with Gasteiger partial charge in [-0.25, -0.2) is 0 Å². The van der Waals surface area contributed by atoms with E-state index in [1.54, 1.807) is 0 Å². The number of hydrogen-bond donors (Lipinski definition) is 3. The zero-order valence-electron chi connectivity index (χ0n) is 12.1. The van der Waals surface area contributed by atoms with Gasteiger partial charge >= 0.3 is 0 Å². The van der Waals surface area contributed by atoms with Crippen LogP contribution in [0.15, 0.2) is 30.5 Å². The fraction of sp³-hybridized carbons (Fsp3) is 0.471. The number of aromatic amines is 1. The van der Waals surface area contributed by atoms with E-state index in [1.807, 2.05) is 6.07 Å². The second-order valence-corrected chi connectivity index (χ2v) is 6.29. The Hall–Kier alpha value is -1.81. The lowest BCUT2D eigenvalue weighted by Gasteiger charge is -2.07. The Kier molecular flexibility index (Phi) is 3.19. The topological polar surface area (TPSA) is 56.9 Å². The molecule has 1 aromatic carbocycles. The summed E-state index contributed by atoms with van der Waals surface area (Å²) in [6.45, 7) is 2.15. The molecule has 4 heteroatoms. The molecule has 1 saturated heterocycles. The van der Waals surface area contributed by atoms with Gasteiger partial charge in [-0.15, -0.1) is 0 Å². The smallest absolute Gasteiger partial charge is 0.220 e. The molecule has 1 saturated carbocycles. The van der Waals surface area contributed by atoms with Gasteiger partial charge in [0.05, 0.1) is 0 Å². The molecule has 1 amide bonds. The van der Waals surface area contributed by atoms with Gasteiger partial charge in [-0.1, -0.05) is 18.2 Å². The Morgan fingerprint density at radius 1 is 1.24 bits per heavy atom. The first kappa shape index (κ1) is 12.9. The normalized spacial score (nSPS) is 26.8. The van der Waals surface area contributed by atoms with E-state index in [4.69, 9.17) is 0 Å². The average Bonchev–Trinajstić information content (AvgIpc) is 2.88. The molecule has 2 fully saturated rings. The molecule has 0 spiro atoms. The van der Waals surface area contributed by atoms with Crippen LogP contribution in [0.4, 0.5) is 0 Å². The third-order valence-electron chi connectivity index (χ3n) is 4.94. The number of benzene rings is 1. The van der Waals surface area contributed by atoms with Crippen molar-refractivity contribution < 1.29 is 4.79 Å². The Morgan fingerprint density at radius 3 is 2.90 bits per heavy atom. The predicted octanol–water partition coefficient (Wildman–Crippen LogP) is 1.82. The first-order chi connectivity index (χ1) is 10.3. The third-order valence-corrected chi connectivity index (χ3v) is 4.94. The summed E-state index contributed by atoms with van der Waals surface area (Å²) in [5.41, 5.74) is 2.49. The minimum Gasteiger partial charge on any atom is -0.361 e. The highest BCUT2D eigenvalue weighted by Crippen LogP contribution is 2.41. The quantitative estimate of drug-likeness (QED) is 0.784. The monoisotopic (exact) mass is 283 g/mol. The fourth-order valence-corrected chi connectivity index (χ4v) is 3.67. The van der Waals surface area contributed by atoms with E-state index < -0.39 is 0 Å². The van der Waals surface area contributed by atoms with E-state index in [9.17, 15) is 4.79 Å². The molecule has 0 radical (unpaired) electrons. The highest BCUT2D eigenvalue weighted by molar-refractivity contribution is 5.83. The summed E-state index contributed by atoms with van der Waals surface area (Å²) in [5.74, 6) is 1.61. The molecule has 2 aromatic rings. The van der Waals surface area contributed by atoms with E-state index in [0.717, 1.165) is 25.9 Å². The van der Waals surface area contributed by atoms with Gasteiger partial charge in [0, 0.05) is 42.7 Å². The Labute approximate surface area is 124 Å². The van der Waals surface area contributed by atoms with E-state index in [1.165, 1.54) is 16.5 Å².